The fourth-order valence-electron chi connectivity index (χ4n) is 2.90. The molecule has 3 rings (SSSR count). The first-order valence-corrected chi connectivity index (χ1v) is 7.89. The van der Waals surface area contributed by atoms with Crippen LogP contribution in [-0.4, -0.2) is 85.6 Å². The minimum atomic E-state index is 0.741. The van der Waals surface area contributed by atoms with Crippen LogP contribution < -0.4 is 9.80 Å². The van der Waals surface area contributed by atoms with E-state index in [1.54, 1.807) is 4.90 Å². The summed E-state index contributed by atoms with van der Waals surface area (Å²) in [6, 6.07) is 2.07. The molecular formula is C15H24N6O. The molecule has 0 spiro atoms. The Morgan fingerprint density at radius 2 is 1.59 bits per heavy atom. The Kier molecular flexibility index (Phi) is 4.42. The quantitative estimate of drug-likeness (QED) is 0.722. The fourth-order valence-corrected chi connectivity index (χ4v) is 2.90. The maximum atomic E-state index is 10.8. The van der Waals surface area contributed by atoms with E-state index in [4.69, 9.17) is 4.98 Å². The molecule has 1 aromatic heterocycles. The Labute approximate surface area is 131 Å². The Morgan fingerprint density at radius 1 is 0.955 bits per heavy atom. The van der Waals surface area contributed by atoms with E-state index in [0.717, 1.165) is 76.2 Å². The second kappa shape index (κ2) is 6.48. The third-order valence-electron chi connectivity index (χ3n) is 4.40. The van der Waals surface area contributed by atoms with Crippen LogP contribution in [0.5, 0.6) is 0 Å². The van der Waals surface area contributed by atoms with Gasteiger partial charge >= 0.3 is 0 Å². The number of aryl methyl sites for hydroxylation is 1. The molecule has 0 N–H and O–H groups in total. The third-order valence-corrected chi connectivity index (χ3v) is 4.40. The maximum Gasteiger partial charge on any atom is 0.227 e. The zero-order valence-electron chi connectivity index (χ0n) is 13.4. The molecule has 0 aliphatic carbocycles. The molecule has 0 aromatic carbocycles. The Hall–Kier alpha value is -1.89. The van der Waals surface area contributed by atoms with Crippen molar-refractivity contribution >= 4 is 18.2 Å². The van der Waals surface area contributed by atoms with Crippen LogP contribution in [0.15, 0.2) is 6.07 Å². The van der Waals surface area contributed by atoms with Crippen molar-refractivity contribution in [1.29, 1.82) is 0 Å². The van der Waals surface area contributed by atoms with Gasteiger partial charge in [-0.1, -0.05) is 0 Å². The average molecular weight is 304 g/mol. The molecule has 0 radical (unpaired) electrons. The number of hydrogen-bond donors (Lipinski definition) is 0. The van der Waals surface area contributed by atoms with Crippen LogP contribution in [0.3, 0.4) is 0 Å². The Bertz CT molecular complexity index is 521. The normalized spacial score (nSPS) is 20.4. The fraction of sp³-hybridized carbons (Fsp3) is 0.667. The lowest BCUT2D eigenvalue weighted by molar-refractivity contribution is -0.118. The van der Waals surface area contributed by atoms with E-state index in [-0.39, 0.29) is 0 Å². The van der Waals surface area contributed by atoms with Gasteiger partial charge in [-0.05, 0) is 14.0 Å². The number of rotatable bonds is 3. The van der Waals surface area contributed by atoms with Gasteiger partial charge in [0.1, 0.15) is 5.82 Å². The van der Waals surface area contributed by atoms with Gasteiger partial charge in [0.2, 0.25) is 12.4 Å². The summed E-state index contributed by atoms with van der Waals surface area (Å²) in [5.41, 5.74) is 0.997. The number of carbonyl (C=O) groups is 1. The van der Waals surface area contributed by atoms with Gasteiger partial charge in [0.05, 0.1) is 0 Å². The van der Waals surface area contributed by atoms with Gasteiger partial charge in [0.15, 0.2) is 0 Å². The summed E-state index contributed by atoms with van der Waals surface area (Å²) < 4.78 is 0. The van der Waals surface area contributed by atoms with Crippen LogP contribution in [0.2, 0.25) is 0 Å². The predicted molar refractivity (Wildman–Crippen MR) is 86.3 cm³/mol. The highest BCUT2D eigenvalue weighted by Crippen LogP contribution is 2.19. The molecule has 2 aliphatic heterocycles. The van der Waals surface area contributed by atoms with Gasteiger partial charge in [-0.25, -0.2) is 4.98 Å². The van der Waals surface area contributed by atoms with Crippen molar-refractivity contribution in [3.8, 4) is 0 Å². The number of nitrogens with zero attached hydrogens (tertiary/aromatic N) is 6. The van der Waals surface area contributed by atoms with E-state index in [9.17, 15) is 4.79 Å². The number of hydrogen-bond acceptors (Lipinski definition) is 6. The summed E-state index contributed by atoms with van der Waals surface area (Å²) in [6.45, 7) is 9.24. The second-order valence-corrected chi connectivity index (χ2v) is 6.09. The molecule has 1 aromatic rings. The van der Waals surface area contributed by atoms with E-state index in [1.165, 1.54) is 0 Å². The highest BCUT2D eigenvalue weighted by atomic mass is 16.1. The summed E-state index contributed by atoms with van der Waals surface area (Å²) in [5, 5.41) is 0. The monoisotopic (exact) mass is 304 g/mol. The van der Waals surface area contributed by atoms with Gasteiger partial charge < -0.3 is 19.6 Å². The van der Waals surface area contributed by atoms with Crippen LogP contribution in [0.4, 0.5) is 11.8 Å². The van der Waals surface area contributed by atoms with Crippen LogP contribution in [0, 0.1) is 6.92 Å². The highest BCUT2D eigenvalue weighted by molar-refractivity contribution is 5.50. The number of aromatic nitrogens is 2. The number of likely N-dealkylation sites (N-methyl/N-ethyl adjacent to an activating group) is 1. The zero-order chi connectivity index (χ0) is 15.5. The highest BCUT2D eigenvalue weighted by Gasteiger charge is 2.21. The standard InChI is InChI=1S/C15H24N6O/c1-13-11-14(20-7-3-18(2)4-8-20)17-15(16-13)21-9-5-19(12-22)6-10-21/h11-12H,3-10H2,1-2H3. The number of amides is 1. The summed E-state index contributed by atoms with van der Waals surface area (Å²) >= 11 is 0. The van der Waals surface area contributed by atoms with Crippen molar-refractivity contribution in [2.75, 3.05) is 69.2 Å². The van der Waals surface area contributed by atoms with E-state index in [2.05, 4.69) is 32.8 Å². The lowest BCUT2D eigenvalue weighted by Crippen LogP contribution is -2.47. The van der Waals surface area contributed by atoms with Crippen molar-refractivity contribution in [3.63, 3.8) is 0 Å². The smallest absolute Gasteiger partial charge is 0.227 e. The van der Waals surface area contributed by atoms with Crippen LogP contribution in [0.25, 0.3) is 0 Å². The van der Waals surface area contributed by atoms with Crippen LogP contribution in [-0.2, 0) is 4.79 Å². The largest absolute Gasteiger partial charge is 0.354 e. The lowest BCUT2D eigenvalue weighted by Gasteiger charge is -2.35. The van der Waals surface area contributed by atoms with Crippen molar-refractivity contribution in [2.45, 2.75) is 6.92 Å². The summed E-state index contributed by atoms with van der Waals surface area (Å²) in [7, 11) is 2.15. The molecule has 2 fully saturated rings. The molecular weight excluding hydrogens is 280 g/mol. The molecule has 7 heteroatoms. The minimum absolute atomic E-state index is 0.741. The molecule has 0 saturated carbocycles. The van der Waals surface area contributed by atoms with Crippen molar-refractivity contribution < 1.29 is 4.79 Å². The van der Waals surface area contributed by atoms with Gasteiger partial charge in [-0.2, -0.15) is 4.98 Å². The van der Waals surface area contributed by atoms with E-state index >= 15 is 0 Å². The molecule has 3 heterocycles. The Morgan fingerprint density at radius 3 is 2.23 bits per heavy atom. The summed E-state index contributed by atoms with van der Waals surface area (Å²) in [4.78, 5) is 28.8. The first-order chi connectivity index (χ1) is 10.7. The molecule has 0 bridgehead atoms. The molecule has 22 heavy (non-hydrogen) atoms. The predicted octanol–water partition coefficient (Wildman–Crippen LogP) is -0.185. The Balaban J connectivity index is 1.74. The number of piperazine rings is 2. The summed E-state index contributed by atoms with van der Waals surface area (Å²) in [6.07, 6.45) is 0.921. The molecule has 2 saturated heterocycles. The van der Waals surface area contributed by atoms with E-state index in [0.29, 0.717) is 0 Å². The minimum Gasteiger partial charge on any atom is -0.354 e. The second-order valence-electron chi connectivity index (χ2n) is 6.09. The first kappa shape index (κ1) is 15.0. The SMILES string of the molecule is Cc1cc(N2CCN(C)CC2)nc(N2CCN(C=O)CC2)n1. The summed E-state index contributed by atoms with van der Waals surface area (Å²) in [5.74, 6) is 1.81. The van der Waals surface area contributed by atoms with E-state index in [1.807, 2.05) is 6.92 Å². The number of carbonyl (C=O) groups excluding carboxylic acids is 1. The van der Waals surface area contributed by atoms with Crippen molar-refractivity contribution in [1.82, 2.24) is 19.8 Å². The molecule has 1 amide bonds. The molecule has 7 nitrogen and oxygen atoms in total. The van der Waals surface area contributed by atoms with Gasteiger partial charge in [0, 0.05) is 64.1 Å². The molecule has 2 aliphatic rings. The van der Waals surface area contributed by atoms with Crippen molar-refractivity contribution in [3.05, 3.63) is 11.8 Å². The van der Waals surface area contributed by atoms with E-state index < -0.39 is 0 Å². The van der Waals surface area contributed by atoms with Gasteiger partial charge in [-0.15, -0.1) is 0 Å². The molecule has 0 unspecified atom stereocenters. The lowest BCUT2D eigenvalue weighted by atomic mass is 10.3. The average Bonchev–Trinajstić information content (AvgIpc) is 2.55. The number of anilines is 2. The third kappa shape index (κ3) is 3.30. The zero-order valence-corrected chi connectivity index (χ0v) is 13.4. The van der Waals surface area contributed by atoms with Crippen molar-refractivity contribution in [2.24, 2.45) is 0 Å². The molecule has 120 valence electrons. The maximum absolute atomic E-state index is 10.8. The van der Waals surface area contributed by atoms with Crippen LogP contribution in [0.1, 0.15) is 5.69 Å². The topological polar surface area (TPSA) is 55.8 Å². The van der Waals surface area contributed by atoms with Gasteiger partial charge in [0.25, 0.3) is 0 Å². The first-order valence-electron chi connectivity index (χ1n) is 7.89. The van der Waals surface area contributed by atoms with Crippen LogP contribution >= 0.6 is 0 Å². The van der Waals surface area contributed by atoms with Gasteiger partial charge in [-0.3, -0.25) is 4.79 Å². The molecule has 0 atom stereocenters.